The topological polar surface area (TPSA) is 95.9 Å². The second kappa shape index (κ2) is 6.39. The number of ether oxygens (including phenoxy) is 1. The van der Waals surface area contributed by atoms with Gasteiger partial charge in [-0.15, -0.1) is 0 Å². The largest absolute Gasteiger partial charge is 0.485 e. The third-order valence-electron chi connectivity index (χ3n) is 4.14. The molecule has 2 N–H and O–H groups in total. The lowest BCUT2D eigenvalue weighted by Crippen LogP contribution is -2.53. The van der Waals surface area contributed by atoms with Crippen LogP contribution in [0.15, 0.2) is 18.2 Å². The number of halogens is 3. The molecule has 0 aromatic heterocycles. The summed E-state index contributed by atoms with van der Waals surface area (Å²) in [4.78, 5) is 11.1. The van der Waals surface area contributed by atoms with Crippen LogP contribution in [0.4, 0.5) is 18.9 Å². The summed E-state index contributed by atoms with van der Waals surface area (Å²) in [5.41, 5.74) is -1.20. The van der Waals surface area contributed by atoms with Gasteiger partial charge >= 0.3 is 12.1 Å². The number of nitrogens with one attached hydrogen (secondary N) is 1. The van der Waals surface area contributed by atoms with Crippen LogP contribution in [0.2, 0.25) is 0 Å². The number of hydrogen-bond acceptors (Lipinski definition) is 5. The molecule has 1 heterocycles. The Kier molecular flexibility index (Phi) is 5.03. The van der Waals surface area contributed by atoms with Crippen LogP contribution in [0.1, 0.15) is 25.5 Å². The summed E-state index contributed by atoms with van der Waals surface area (Å²) in [5.74, 6) is -1.96. The molecule has 2 unspecified atom stereocenters. The minimum Gasteiger partial charge on any atom is -0.485 e. The van der Waals surface area contributed by atoms with E-state index in [0.717, 1.165) is 16.6 Å². The lowest BCUT2D eigenvalue weighted by atomic mass is 9.86. The predicted molar refractivity (Wildman–Crippen MR) is 87.2 cm³/mol. The smallest absolute Gasteiger partial charge is 0.471 e. The predicted octanol–water partition coefficient (Wildman–Crippen LogP) is 1.65. The van der Waals surface area contributed by atoms with Crippen molar-refractivity contribution in [1.29, 1.82) is 0 Å². The van der Waals surface area contributed by atoms with Gasteiger partial charge in [0.1, 0.15) is 17.5 Å². The van der Waals surface area contributed by atoms with Gasteiger partial charge in [-0.05, 0) is 32.0 Å². The standard InChI is InChI=1S/C15H19F3N2O5S/c1-14(2)12(21)11(20(3)26(4,23)24)9-7-8(5-6-10(9)25-14)19-13(22)15(16,17)18/h5-7,11-12,21H,1-4H3,(H,19,22). The fourth-order valence-corrected chi connectivity index (χ4v) is 3.29. The maximum absolute atomic E-state index is 12.4. The summed E-state index contributed by atoms with van der Waals surface area (Å²) in [6.07, 6.45) is -5.43. The minimum absolute atomic E-state index is 0.143. The summed E-state index contributed by atoms with van der Waals surface area (Å²) in [7, 11) is -2.49. The van der Waals surface area contributed by atoms with Crippen LogP contribution in [0, 0.1) is 0 Å². The van der Waals surface area contributed by atoms with Crippen molar-refractivity contribution >= 4 is 21.6 Å². The zero-order valence-electron chi connectivity index (χ0n) is 14.5. The van der Waals surface area contributed by atoms with Crippen molar-refractivity contribution in [2.24, 2.45) is 0 Å². The number of aliphatic hydroxyl groups is 1. The molecule has 1 aliphatic rings. The summed E-state index contributed by atoms with van der Waals surface area (Å²) in [6, 6.07) is 2.57. The fraction of sp³-hybridized carbons (Fsp3) is 0.533. The molecule has 11 heteroatoms. The highest BCUT2D eigenvalue weighted by Crippen LogP contribution is 2.44. The number of amides is 1. The van der Waals surface area contributed by atoms with Gasteiger partial charge in [-0.25, -0.2) is 8.42 Å². The molecule has 26 heavy (non-hydrogen) atoms. The maximum atomic E-state index is 12.4. The molecular weight excluding hydrogens is 377 g/mol. The van der Waals surface area contributed by atoms with Gasteiger partial charge in [0.15, 0.2) is 0 Å². The van der Waals surface area contributed by atoms with Crippen LogP contribution in [-0.2, 0) is 14.8 Å². The number of hydrogen-bond donors (Lipinski definition) is 2. The number of likely N-dealkylation sites (N-methyl/N-ethyl adjacent to an activating group) is 1. The van der Waals surface area contributed by atoms with Crippen molar-refractivity contribution in [3.8, 4) is 5.75 Å². The molecule has 0 fully saturated rings. The molecule has 0 bridgehead atoms. The normalized spacial score (nSPS) is 22.5. The molecule has 2 rings (SSSR count). The summed E-state index contributed by atoms with van der Waals surface area (Å²) in [5, 5.41) is 12.3. The fourth-order valence-electron chi connectivity index (χ4n) is 2.65. The van der Waals surface area contributed by atoms with Crippen LogP contribution >= 0.6 is 0 Å². The molecule has 146 valence electrons. The van der Waals surface area contributed by atoms with Gasteiger partial charge < -0.3 is 15.2 Å². The molecule has 0 spiro atoms. The SMILES string of the molecule is CN(C1c2cc(NC(=O)C(F)(F)F)ccc2OC(C)(C)C1O)S(C)(=O)=O. The number of aliphatic hydroxyl groups excluding tert-OH is 1. The van der Waals surface area contributed by atoms with E-state index < -0.39 is 39.9 Å². The van der Waals surface area contributed by atoms with E-state index in [2.05, 4.69) is 0 Å². The number of sulfonamides is 1. The van der Waals surface area contributed by atoms with E-state index in [1.54, 1.807) is 19.2 Å². The first-order chi connectivity index (χ1) is 11.6. The second-order valence-corrected chi connectivity index (χ2v) is 8.62. The molecule has 0 radical (unpaired) electrons. The van der Waals surface area contributed by atoms with Gasteiger partial charge in [-0.3, -0.25) is 4.79 Å². The van der Waals surface area contributed by atoms with Crippen molar-refractivity contribution < 1.29 is 36.2 Å². The summed E-state index contributed by atoms with van der Waals surface area (Å²) >= 11 is 0. The van der Waals surface area contributed by atoms with Gasteiger partial charge in [-0.2, -0.15) is 17.5 Å². The monoisotopic (exact) mass is 396 g/mol. The molecular formula is C15H19F3N2O5S. The Labute approximate surface area is 148 Å². The molecule has 2 atom stereocenters. The van der Waals surface area contributed by atoms with Gasteiger partial charge in [-0.1, -0.05) is 0 Å². The number of anilines is 1. The maximum Gasteiger partial charge on any atom is 0.471 e. The highest BCUT2D eigenvalue weighted by molar-refractivity contribution is 7.88. The van der Waals surface area contributed by atoms with Gasteiger partial charge in [0.2, 0.25) is 10.0 Å². The number of benzene rings is 1. The van der Waals surface area contributed by atoms with E-state index in [1.807, 2.05) is 0 Å². The number of nitrogens with zero attached hydrogens (tertiary/aromatic N) is 1. The molecule has 0 aliphatic carbocycles. The van der Waals surface area contributed by atoms with Crippen LogP contribution in [0.25, 0.3) is 0 Å². The highest BCUT2D eigenvalue weighted by atomic mass is 32.2. The zero-order valence-corrected chi connectivity index (χ0v) is 15.3. The molecule has 1 aliphatic heterocycles. The first-order valence-electron chi connectivity index (χ1n) is 7.47. The van der Waals surface area contributed by atoms with Crippen LogP contribution in [0.3, 0.4) is 0 Å². The number of fused-ring (bicyclic) bond motifs is 1. The number of rotatable bonds is 3. The third kappa shape index (κ3) is 3.94. The first kappa shape index (κ1) is 20.5. The zero-order chi connectivity index (χ0) is 20.1. The Bertz CT molecular complexity index is 823. The Hall–Kier alpha value is -1.85. The minimum atomic E-state index is -5.07. The van der Waals surface area contributed by atoms with Crippen molar-refractivity contribution in [3.63, 3.8) is 0 Å². The van der Waals surface area contributed by atoms with E-state index in [-0.39, 0.29) is 17.0 Å². The van der Waals surface area contributed by atoms with E-state index in [4.69, 9.17) is 4.74 Å². The average Bonchev–Trinajstić information content (AvgIpc) is 2.46. The Balaban J connectivity index is 2.52. The van der Waals surface area contributed by atoms with Crippen molar-refractivity contribution in [2.75, 3.05) is 18.6 Å². The van der Waals surface area contributed by atoms with E-state index in [1.165, 1.54) is 19.2 Å². The first-order valence-corrected chi connectivity index (χ1v) is 9.31. The quantitative estimate of drug-likeness (QED) is 0.810. The van der Waals surface area contributed by atoms with Crippen molar-refractivity contribution in [3.05, 3.63) is 23.8 Å². The third-order valence-corrected chi connectivity index (χ3v) is 5.42. The molecule has 1 aromatic carbocycles. The highest BCUT2D eigenvalue weighted by Gasteiger charge is 2.47. The van der Waals surface area contributed by atoms with Gasteiger partial charge in [0.05, 0.1) is 12.3 Å². The summed E-state index contributed by atoms with van der Waals surface area (Å²) < 4.78 is 67.8. The molecule has 0 saturated carbocycles. The van der Waals surface area contributed by atoms with Gasteiger partial charge in [0, 0.05) is 18.3 Å². The summed E-state index contributed by atoms with van der Waals surface area (Å²) in [6.45, 7) is 3.12. The van der Waals surface area contributed by atoms with Crippen LogP contribution in [0.5, 0.6) is 5.75 Å². The van der Waals surface area contributed by atoms with E-state index in [9.17, 15) is 31.5 Å². The molecule has 1 aromatic rings. The van der Waals surface area contributed by atoms with E-state index in [0.29, 0.717) is 0 Å². The lowest BCUT2D eigenvalue weighted by Gasteiger charge is -2.44. The van der Waals surface area contributed by atoms with Gasteiger partial charge in [0.25, 0.3) is 0 Å². The van der Waals surface area contributed by atoms with E-state index >= 15 is 0 Å². The number of carbonyl (C=O) groups excluding carboxylic acids is 1. The molecule has 7 nitrogen and oxygen atoms in total. The van der Waals surface area contributed by atoms with Crippen molar-refractivity contribution in [1.82, 2.24) is 4.31 Å². The van der Waals surface area contributed by atoms with Crippen LogP contribution in [-0.4, -0.2) is 54.9 Å². The number of alkyl halides is 3. The average molecular weight is 396 g/mol. The Morgan fingerprint density at radius 3 is 2.42 bits per heavy atom. The molecule has 1 amide bonds. The van der Waals surface area contributed by atoms with Crippen LogP contribution < -0.4 is 10.1 Å². The van der Waals surface area contributed by atoms with Crippen molar-refractivity contribution in [2.45, 2.75) is 37.8 Å². The lowest BCUT2D eigenvalue weighted by molar-refractivity contribution is -0.167. The Morgan fingerprint density at radius 2 is 1.92 bits per heavy atom. The second-order valence-electron chi connectivity index (χ2n) is 6.58. The molecule has 0 saturated heterocycles. The Morgan fingerprint density at radius 1 is 1.35 bits per heavy atom. The number of carbonyl (C=O) groups is 1.